The molecule has 1 aliphatic rings. The number of rotatable bonds is 15. The number of hydrogen-bond acceptors (Lipinski definition) is 15. The van der Waals surface area contributed by atoms with E-state index in [1.165, 1.54) is 20.8 Å². The van der Waals surface area contributed by atoms with E-state index in [1.54, 1.807) is 0 Å². The van der Waals surface area contributed by atoms with Crippen LogP contribution < -0.4 is 16.0 Å². The number of hydrogen-bond donors (Lipinski definition) is 9. The number of amides is 6. The van der Waals surface area contributed by atoms with Crippen LogP contribution in [0.25, 0.3) is 0 Å². The molecule has 0 aromatic heterocycles. The Labute approximate surface area is 292 Å². The zero-order chi connectivity index (χ0) is 36.4. The van der Waals surface area contributed by atoms with Crippen LogP contribution in [0.1, 0.15) is 59.3 Å². The summed E-state index contributed by atoms with van der Waals surface area (Å²) in [5.41, 5.74) is -0.421. The van der Waals surface area contributed by atoms with Crippen LogP contribution >= 0.6 is 0 Å². The van der Waals surface area contributed by atoms with Gasteiger partial charge in [-0.15, -0.1) is 0 Å². The van der Waals surface area contributed by atoms with Gasteiger partial charge in [0.1, 0.15) is 36.5 Å². The summed E-state index contributed by atoms with van der Waals surface area (Å²) < 4.78 is 0. The molecule has 5 atom stereocenters. The summed E-state index contributed by atoms with van der Waals surface area (Å²) in [6, 6.07) is -2.85. The van der Waals surface area contributed by atoms with Gasteiger partial charge in [0.15, 0.2) is 0 Å². The number of aliphatic hydroxyl groups is 3. The molecule has 0 bridgehead atoms. The second-order valence-electron chi connectivity index (χ2n) is 10.7. The molecule has 0 radical (unpaired) electrons. The zero-order valence-electron chi connectivity index (χ0n) is 27.3. The minimum Gasteiger partial charge on any atom is -0.377 e. The van der Waals surface area contributed by atoms with Crippen molar-refractivity contribution in [1.29, 1.82) is 0 Å². The van der Waals surface area contributed by atoms with Gasteiger partial charge >= 0.3 is 0 Å². The van der Waals surface area contributed by atoms with Gasteiger partial charge in [-0.1, -0.05) is 0 Å². The van der Waals surface area contributed by atoms with Crippen LogP contribution in [0.15, 0.2) is 15.0 Å². The summed E-state index contributed by atoms with van der Waals surface area (Å²) in [7, 11) is 0. The molecule has 1 rings (SSSR count). The van der Waals surface area contributed by atoms with E-state index in [0.29, 0.717) is 27.6 Å². The number of nitrogens with zero attached hydrogens (tertiary/aromatic N) is 6. The number of nitrogens with one attached hydrogen (secondary N) is 3. The average molecular weight is 744 g/mol. The summed E-state index contributed by atoms with van der Waals surface area (Å²) in [6.45, 7) is 2.69. The van der Waals surface area contributed by atoms with Crippen LogP contribution in [0.5, 0.6) is 0 Å². The Hall–Kier alpha value is -3.41. The molecule has 1 heterocycles. The van der Waals surface area contributed by atoms with Gasteiger partial charge in [0.25, 0.3) is 29.5 Å². The van der Waals surface area contributed by atoms with Gasteiger partial charge in [-0.05, 0) is 59.3 Å². The molecule has 0 saturated heterocycles. The van der Waals surface area contributed by atoms with Crippen molar-refractivity contribution in [3.05, 3.63) is 0 Å². The van der Waals surface area contributed by atoms with Gasteiger partial charge in [0.2, 0.25) is 5.91 Å². The Bertz CT molecular complexity index is 1220. The number of hydroxylamine groups is 6. The Morgan fingerprint density at radius 3 is 1.80 bits per heavy atom. The van der Waals surface area contributed by atoms with E-state index in [-0.39, 0.29) is 75.2 Å². The Morgan fingerprint density at radius 2 is 1.27 bits per heavy atom. The maximum absolute atomic E-state index is 13.5. The molecule has 0 aliphatic carbocycles. The molecular weight excluding hydrogens is 698 g/mol. The van der Waals surface area contributed by atoms with Gasteiger partial charge < -0.3 is 46.9 Å². The minimum atomic E-state index is -1.46. The summed E-state index contributed by atoms with van der Waals surface area (Å²) in [4.78, 5) is 87.1. The fourth-order valence-electron chi connectivity index (χ4n) is 3.91. The molecule has 1 aliphatic heterocycles. The van der Waals surface area contributed by atoms with Gasteiger partial charge in [-0.25, -0.2) is 15.0 Å². The predicted molar refractivity (Wildman–Crippen MR) is 165 cm³/mol. The fraction of sp³-hybridized carbons (Fsp3) is 0.667. The standard InChI is InChI=1S/C27H45N9O12.Fe/c1-16(37)34(46)10-4-7-19-25(43)30-14-23(41)28-13-22(40)29-15-24(42)31-20(8-5-11-35(47)17(2)38)26(44)33-21(27(45)32-19)9-6-12-36(48)18(3)39;/h13,15-18,20-21,37-39,46-48H,4-12,14H2,1-3H3,(H,30,43)(H,31,42)(H,33,44);/t16?,17-,18-,20-,21-;/m0./s1. The first-order chi connectivity index (χ1) is 22.5. The van der Waals surface area contributed by atoms with Gasteiger partial charge in [-0.2, -0.15) is 15.2 Å². The van der Waals surface area contributed by atoms with E-state index in [4.69, 9.17) is 0 Å². The monoisotopic (exact) mass is 743 g/mol. The molecule has 22 heteroatoms. The Balaban J connectivity index is 0.0000230. The van der Waals surface area contributed by atoms with Crippen molar-refractivity contribution < 1.29 is 76.8 Å². The summed E-state index contributed by atoms with van der Waals surface area (Å²) in [5, 5.41) is 66.7. The quantitative estimate of drug-likeness (QED) is 0.0450. The smallest absolute Gasteiger partial charge is 0.288 e. The summed E-state index contributed by atoms with van der Waals surface area (Å²) in [5.74, 6) is -6.07. The predicted octanol–water partition coefficient (Wildman–Crippen LogP) is -3.33. The van der Waals surface area contributed by atoms with Crippen LogP contribution in [0.3, 0.4) is 0 Å². The minimum absolute atomic E-state index is 0. The molecule has 6 amide bonds. The van der Waals surface area contributed by atoms with Crippen molar-refractivity contribution in [2.24, 2.45) is 15.0 Å². The third-order valence-electron chi connectivity index (χ3n) is 6.64. The Morgan fingerprint density at radius 1 is 0.755 bits per heavy atom. The Kier molecular flexibility index (Phi) is 22.2. The van der Waals surface area contributed by atoms with Crippen molar-refractivity contribution in [2.75, 3.05) is 26.2 Å². The average Bonchev–Trinajstić information content (AvgIpc) is 3.02. The number of aliphatic hydroxyl groups excluding tert-OH is 3. The maximum atomic E-state index is 13.5. The topological polar surface area (TPSA) is 307 Å². The van der Waals surface area contributed by atoms with E-state index >= 15 is 0 Å². The molecule has 0 spiro atoms. The summed E-state index contributed by atoms with van der Waals surface area (Å²) >= 11 is 0. The molecule has 0 aromatic rings. The number of carbonyl (C=O) groups excluding carboxylic acids is 6. The molecule has 278 valence electrons. The molecular formula is C27H45FeN9O12. The van der Waals surface area contributed by atoms with Crippen LogP contribution in [-0.2, 0) is 45.8 Å². The first-order valence-corrected chi connectivity index (χ1v) is 15.1. The second-order valence-corrected chi connectivity index (χ2v) is 10.7. The van der Waals surface area contributed by atoms with E-state index in [9.17, 15) is 59.7 Å². The van der Waals surface area contributed by atoms with Gasteiger partial charge in [-0.3, -0.25) is 28.8 Å². The van der Waals surface area contributed by atoms with Crippen molar-refractivity contribution >= 4 is 53.6 Å². The van der Waals surface area contributed by atoms with Crippen LogP contribution in [0.4, 0.5) is 0 Å². The zero-order valence-corrected chi connectivity index (χ0v) is 28.4. The van der Waals surface area contributed by atoms with Crippen molar-refractivity contribution in [2.45, 2.75) is 90.1 Å². The SMILES string of the molecule is CC(O)N(O)CCCC1=NC(=O)[C@H](CCCN(O)[C@H](C)O)NC(=O)[C@H](CCCN(O)[C@H](C)O)NC(=O)C=NC(=O)C=NC(=O)CNC1=O.[Fe]. The van der Waals surface area contributed by atoms with Crippen LogP contribution in [-0.4, -0.2) is 157 Å². The molecule has 49 heavy (non-hydrogen) atoms. The molecule has 1 unspecified atom stereocenters. The molecule has 9 N–H and O–H groups in total. The molecule has 0 saturated carbocycles. The van der Waals surface area contributed by atoms with Crippen LogP contribution in [0, 0.1) is 0 Å². The largest absolute Gasteiger partial charge is 0.377 e. The van der Waals surface area contributed by atoms with Crippen molar-refractivity contribution in [3.63, 3.8) is 0 Å². The van der Waals surface area contributed by atoms with E-state index in [2.05, 4.69) is 30.9 Å². The number of carbonyl (C=O) groups is 6. The van der Waals surface area contributed by atoms with Crippen molar-refractivity contribution in [3.8, 4) is 0 Å². The molecule has 21 nitrogen and oxygen atoms in total. The normalized spacial score (nSPS) is 20.6. The fourth-order valence-corrected chi connectivity index (χ4v) is 3.91. The third-order valence-corrected chi connectivity index (χ3v) is 6.64. The third kappa shape index (κ3) is 18.8. The first kappa shape index (κ1) is 45.6. The number of aliphatic imine (C=N–C) groups is 3. The van der Waals surface area contributed by atoms with Gasteiger partial charge in [0, 0.05) is 36.7 Å². The first-order valence-electron chi connectivity index (χ1n) is 15.1. The van der Waals surface area contributed by atoms with E-state index < -0.39 is 78.5 Å². The van der Waals surface area contributed by atoms with E-state index in [1.807, 2.05) is 0 Å². The molecule has 0 fully saturated rings. The van der Waals surface area contributed by atoms with Gasteiger partial charge in [0.05, 0.1) is 19.0 Å². The molecule has 0 aromatic carbocycles. The van der Waals surface area contributed by atoms with E-state index in [0.717, 1.165) is 0 Å². The second kappa shape index (κ2) is 23.9. The summed E-state index contributed by atoms with van der Waals surface area (Å²) in [6.07, 6.45) is -3.25. The van der Waals surface area contributed by atoms with Crippen LogP contribution in [0.2, 0.25) is 0 Å². The maximum Gasteiger partial charge on any atom is 0.288 e. The van der Waals surface area contributed by atoms with Crippen molar-refractivity contribution in [1.82, 2.24) is 31.1 Å².